The molecule has 0 spiro atoms. The van der Waals surface area contributed by atoms with Crippen molar-refractivity contribution in [1.29, 1.82) is 0 Å². The minimum atomic E-state index is 0.630. The van der Waals surface area contributed by atoms with Crippen LogP contribution in [0.1, 0.15) is 16.8 Å². The van der Waals surface area contributed by atoms with Crippen LogP contribution in [0.2, 0.25) is 4.34 Å². The Morgan fingerprint density at radius 1 is 1.18 bits per heavy atom. The summed E-state index contributed by atoms with van der Waals surface area (Å²) >= 11 is 10.2. The van der Waals surface area contributed by atoms with Crippen LogP contribution < -0.4 is 5.32 Å². The number of aromatic nitrogens is 4. The fourth-order valence-electron chi connectivity index (χ4n) is 1.67. The summed E-state index contributed by atoms with van der Waals surface area (Å²) in [6.07, 6.45) is 0. The lowest BCUT2D eigenvalue weighted by molar-refractivity contribution is 1.01. The Morgan fingerprint density at radius 3 is 2.77 bits per heavy atom. The normalized spacial score (nSPS) is 10.9. The molecular weight excluding hydrogens is 358 g/mol. The van der Waals surface area contributed by atoms with Gasteiger partial charge in [0, 0.05) is 23.0 Å². The van der Waals surface area contributed by atoms with Gasteiger partial charge in [-0.15, -0.1) is 15.3 Å². The van der Waals surface area contributed by atoms with Gasteiger partial charge in [-0.2, -0.15) is 0 Å². The van der Waals surface area contributed by atoms with Crippen molar-refractivity contribution in [3.8, 4) is 0 Å². The molecular formula is C13H12ClN5S3. The number of hydrogen-bond donors (Lipinski definition) is 1. The zero-order valence-corrected chi connectivity index (χ0v) is 15.0. The van der Waals surface area contributed by atoms with Crippen molar-refractivity contribution < 1.29 is 0 Å². The van der Waals surface area contributed by atoms with E-state index in [9.17, 15) is 0 Å². The number of benzene rings is 1. The molecule has 0 atom stereocenters. The summed E-state index contributed by atoms with van der Waals surface area (Å²) in [5.74, 6) is 0.646. The quantitative estimate of drug-likeness (QED) is 0.658. The first-order valence-corrected chi connectivity index (χ1v) is 9.34. The monoisotopic (exact) mass is 369 g/mol. The number of aryl methyl sites for hydroxylation is 2. The van der Waals surface area contributed by atoms with E-state index in [-0.39, 0.29) is 0 Å². The van der Waals surface area contributed by atoms with Crippen LogP contribution in [0, 0.1) is 13.8 Å². The van der Waals surface area contributed by atoms with E-state index >= 15 is 0 Å². The van der Waals surface area contributed by atoms with Crippen LogP contribution in [0.3, 0.4) is 0 Å². The first-order chi connectivity index (χ1) is 10.6. The molecule has 0 fully saturated rings. The van der Waals surface area contributed by atoms with E-state index in [0.29, 0.717) is 10.1 Å². The molecule has 0 saturated heterocycles. The molecule has 2 heterocycles. The third-order valence-electron chi connectivity index (χ3n) is 3.01. The van der Waals surface area contributed by atoms with Gasteiger partial charge in [0.15, 0.2) is 4.34 Å². The molecule has 0 aliphatic heterocycles. The zero-order valence-electron chi connectivity index (χ0n) is 11.8. The largest absolute Gasteiger partial charge is 0.330 e. The molecule has 9 heteroatoms. The first kappa shape index (κ1) is 15.7. The van der Waals surface area contributed by atoms with Gasteiger partial charge >= 0.3 is 0 Å². The molecule has 3 rings (SSSR count). The van der Waals surface area contributed by atoms with E-state index in [1.165, 1.54) is 34.0 Å². The van der Waals surface area contributed by atoms with E-state index in [0.717, 1.165) is 20.9 Å². The van der Waals surface area contributed by atoms with Gasteiger partial charge in [0.25, 0.3) is 0 Å². The predicted octanol–water partition coefficient (Wildman–Crippen LogP) is 4.70. The Balaban J connectivity index is 1.63. The van der Waals surface area contributed by atoms with Crippen LogP contribution in [0.15, 0.2) is 22.5 Å². The lowest BCUT2D eigenvalue weighted by Gasteiger charge is -2.05. The number of hydrogen-bond acceptors (Lipinski definition) is 8. The molecule has 0 radical (unpaired) electrons. The predicted molar refractivity (Wildman–Crippen MR) is 93.6 cm³/mol. The average Bonchev–Trinajstić information content (AvgIpc) is 3.10. The van der Waals surface area contributed by atoms with Crippen LogP contribution in [0.5, 0.6) is 0 Å². The van der Waals surface area contributed by atoms with Gasteiger partial charge in [0.05, 0.1) is 0 Å². The van der Waals surface area contributed by atoms with Gasteiger partial charge in [-0.1, -0.05) is 45.3 Å². The third-order valence-corrected chi connectivity index (χ3v) is 5.97. The Bertz CT molecular complexity index is 786. The molecule has 0 unspecified atom stereocenters. The van der Waals surface area contributed by atoms with Crippen molar-refractivity contribution in [3.63, 3.8) is 0 Å². The highest BCUT2D eigenvalue weighted by Gasteiger charge is 2.10. The van der Waals surface area contributed by atoms with Crippen molar-refractivity contribution in [2.24, 2.45) is 0 Å². The highest BCUT2D eigenvalue weighted by Crippen LogP contribution is 2.31. The molecule has 3 aromatic rings. The summed E-state index contributed by atoms with van der Waals surface area (Å²) < 4.78 is 5.31. The topological polar surface area (TPSA) is 63.6 Å². The number of rotatable bonds is 5. The number of thioether (sulfide) groups is 1. The summed E-state index contributed by atoms with van der Waals surface area (Å²) in [5, 5.41) is 16.3. The van der Waals surface area contributed by atoms with E-state index in [1.807, 2.05) is 6.07 Å². The SMILES string of the molecule is Cc1ccc(Nc2nnc(SCc3nnsc3Cl)s2)cc1C. The van der Waals surface area contributed by atoms with Crippen LogP contribution in [-0.2, 0) is 5.75 Å². The summed E-state index contributed by atoms with van der Waals surface area (Å²) in [5.41, 5.74) is 4.32. The lowest BCUT2D eigenvalue weighted by Crippen LogP contribution is -1.91. The maximum Gasteiger partial charge on any atom is 0.210 e. The van der Waals surface area contributed by atoms with Gasteiger partial charge in [-0.05, 0) is 37.1 Å². The molecule has 1 aromatic carbocycles. The minimum absolute atomic E-state index is 0.630. The maximum absolute atomic E-state index is 5.98. The molecule has 1 N–H and O–H groups in total. The number of nitrogens with one attached hydrogen (secondary N) is 1. The molecule has 5 nitrogen and oxygen atoms in total. The molecule has 0 aliphatic rings. The summed E-state index contributed by atoms with van der Waals surface area (Å²) in [6.45, 7) is 4.19. The molecule has 22 heavy (non-hydrogen) atoms. The standard InChI is InChI=1S/C13H12ClN5S3/c1-7-3-4-9(5-8(7)2)15-12-17-18-13(21-12)20-6-10-11(14)22-19-16-10/h3-5H,6H2,1-2H3,(H,15,17). The van der Waals surface area contributed by atoms with Crippen molar-refractivity contribution in [3.05, 3.63) is 39.4 Å². The molecule has 0 aliphatic carbocycles. The van der Waals surface area contributed by atoms with Crippen LogP contribution >= 0.6 is 46.2 Å². The summed E-state index contributed by atoms with van der Waals surface area (Å²) in [4.78, 5) is 0. The highest BCUT2D eigenvalue weighted by atomic mass is 35.5. The Kier molecular flexibility index (Phi) is 4.92. The first-order valence-electron chi connectivity index (χ1n) is 6.39. The van der Waals surface area contributed by atoms with Gasteiger partial charge < -0.3 is 5.32 Å². The molecule has 2 aromatic heterocycles. The maximum atomic E-state index is 5.98. The Hall–Kier alpha value is -1.22. The van der Waals surface area contributed by atoms with Gasteiger partial charge in [-0.3, -0.25) is 0 Å². The zero-order chi connectivity index (χ0) is 15.5. The van der Waals surface area contributed by atoms with Crippen LogP contribution in [-0.4, -0.2) is 19.8 Å². The second kappa shape index (κ2) is 6.91. The van der Waals surface area contributed by atoms with Gasteiger partial charge in [-0.25, -0.2) is 0 Å². The fraction of sp³-hybridized carbons (Fsp3) is 0.231. The number of nitrogens with zero attached hydrogens (tertiary/aromatic N) is 4. The smallest absolute Gasteiger partial charge is 0.210 e. The number of anilines is 2. The molecule has 114 valence electrons. The van der Waals surface area contributed by atoms with E-state index in [2.05, 4.69) is 51.1 Å². The van der Waals surface area contributed by atoms with Gasteiger partial charge in [0.1, 0.15) is 10.0 Å². The van der Waals surface area contributed by atoms with Crippen LogP contribution in [0.25, 0.3) is 0 Å². The van der Waals surface area contributed by atoms with Crippen molar-refractivity contribution >= 4 is 57.1 Å². The Labute approximate surface area is 145 Å². The molecule has 0 bridgehead atoms. The summed E-state index contributed by atoms with van der Waals surface area (Å²) in [6, 6.07) is 6.23. The van der Waals surface area contributed by atoms with E-state index in [4.69, 9.17) is 11.6 Å². The Morgan fingerprint density at radius 2 is 2.05 bits per heavy atom. The van der Waals surface area contributed by atoms with E-state index in [1.54, 1.807) is 11.8 Å². The highest BCUT2D eigenvalue weighted by molar-refractivity contribution is 8.00. The van der Waals surface area contributed by atoms with Gasteiger partial charge in [0.2, 0.25) is 5.13 Å². The third kappa shape index (κ3) is 3.75. The summed E-state index contributed by atoms with van der Waals surface area (Å²) in [7, 11) is 0. The van der Waals surface area contributed by atoms with Crippen molar-refractivity contribution in [1.82, 2.24) is 19.8 Å². The van der Waals surface area contributed by atoms with Crippen molar-refractivity contribution in [2.75, 3.05) is 5.32 Å². The van der Waals surface area contributed by atoms with E-state index < -0.39 is 0 Å². The minimum Gasteiger partial charge on any atom is -0.330 e. The second-order valence-corrected chi connectivity index (χ2v) is 8.14. The lowest BCUT2D eigenvalue weighted by atomic mass is 10.1. The van der Waals surface area contributed by atoms with Crippen molar-refractivity contribution in [2.45, 2.75) is 23.9 Å². The fourth-order valence-corrected chi connectivity index (χ4v) is 4.18. The average molecular weight is 370 g/mol. The number of halogens is 1. The second-order valence-electron chi connectivity index (χ2n) is 4.58. The molecule has 0 saturated carbocycles. The van der Waals surface area contributed by atoms with Crippen LogP contribution in [0.4, 0.5) is 10.8 Å². The molecule has 0 amide bonds.